The molecule has 1 N–H and O–H groups in total. The molecular weight excluding hydrogens is 253 g/mol. The third kappa shape index (κ3) is 2.08. The molecule has 0 aliphatic heterocycles. The number of aromatic nitrogens is 2. The van der Waals surface area contributed by atoms with Crippen LogP contribution in [0.15, 0.2) is 48.8 Å². The summed E-state index contributed by atoms with van der Waals surface area (Å²) in [5.41, 5.74) is 3.61. The maximum atomic E-state index is 13.8. The Morgan fingerprint density at radius 3 is 2.85 bits per heavy atom. The van der Waals surface area contributed by atoms with E-state index in [0.29, 0.717) is 5.56 Å². The van der Waals surface area contributed by atoms with E-state index in [0.717, 1.165) is 16.6 Å². The maximum Gasteiger partial charge on any atom is 0.126 e. The molecule has 0 aliphatic carbocycles. The van der Waals surface area contributed by atoms with Gasteiger partial charge in [0, 0.05) is 11.8 Å². The van der Waals surface area contributed by atoms with Crippen LogP contribution in [0.4, 0.5) is 4.39 Å². The number of nitrogens with one attached hydrogen (secondary N) is 1. The molecule has 20 heavy (non-hydrogen) atoms. The quantitative estimate of drug-likeness (QED) is 0.791. The Morgan fingerprint density at radius 1 is 1.25 bits per heavy atom. The highest BCUT2D eigenvalue weighted by Gasteiger charge is 2.17. The number of aryl methyl sites for hydroxylation is 1. The van der Waals surface area contributed by atoms with E-state index in [2.05, 4.69) is 10.4 Å². The van der Waals surface area contributed by atoms with Gasteiger partial charge in [0.05, 0.1) is 17.8 Å². The number of hydrogen-bond acceptors (Lipinski definition) is 2. The van der Waals surface area contributed by atoms with E-state index >= 15 is 0 Å². The van der Waals surface area contributed by atoms with Crippen molar-refractivity contribution in [2.45, 2.75) is 13.0 Å². The second-order valence-corrected chi connectivity index (χ2v) is 4.86. The lowest BCUT2D eigenvalue weighted by Crippen LogP contribution is -2.17. The molecule has 0 fully saturated rings. The van der Waals surface area contributed by atoms with Crippen molar-refractivity contribution in [2.75, 3.05) is 7.05 Å². The fourth-order valence-corrected chi connectivity index (χ4v) is 2.47. The Morgan fingerprint density at radius 2 is 2.10 bits per heavy atom. The molecule has 1 atom stereocenters. The Bertz CT molecular complexity index is 748. The second kappa shape index (κ2) is 5.06. The first kappa shape index (κ1) is 12.8. The Kier molecular flexibility index (Phi) is 3.24. The van der Waals surface area contributed by atoms with Gasteiger partial charge in [0.25, 0.3) is 0 Å². The zero-order valence-electron chi connectivity index (χ0n) is 11.5. The topological polar surface area (TPSA) is 29.3 Å². The number of nitrogens with zero attached hydrogens (tertiary/aromatic N) is 2. The van der Waals surface area contributed by atoms with Gasteiger partial charge in [-0.2, -0.15) is 5.10 Å². The van der Waals surface area contributed by atoms with Crippen LogP contribution in [-0.2, 0) is 0 Å². The molecule has 2 aromatic heterocycles. The van der Waals surface area contributed by atoms with E-state index in [1.165, 1.54) is 0 Å². The van der Waals surface area contributed by atoms with Crippen LogP contribution in [0.1, 0.15) is 22.7 Å². The molecule has 3 nitrogen and oxygen atoms in total. The molecule has 0 amide bonds. The molecule has 0 saturated heterocycles. The molecule has 0 spiro atoms. The van der Waals surface area contributed by atoms with Crippen LogP contribution in [0.5, 0.6) is 0 Å². The van der Waals surface area contributed by atoms with Crippen LogP contribution in [-0.4, -0.2) is 16.7 Å². The lowest BCUT2D eigenvalue weighted by Gasteiger charge is -2.16. The zero-order chi connectivity index (χ0) is 14.1. The largest absolute Gasteiger partial charge is 0.309 e. The summed E-state index contributed by atoms with van der Waals surface area (Å²) < 4.78 is 15.6. The first-order valence-corrected chi connectivity index (χ1v) is 6.56. The Balaban J connectivity index is 2.11. The first-order valence-electron chi connectivity index (χ1n) is 6.56. The van der Waals surface area contributed by atoms with Gasteiger partial charge >= 0.3 is 0 Å². The third-order valence-corrected chi connectivity index (χ3v) is 3.59. The van der Waals surface area contributed by atoms with Crippen molar-refractivity contribution >= 4 is 5.52 Å². The molecular formula is C16H16FN3. The number of hydrogen-bond donors (Lipinski definition) is 1. The maximum absolute atomic E-state index is 13.8. The van der Waals surface area contributed by atoms with Crippen molar-refractivity contribution in [1.29, 1.82) is 0 Å². The fraction of sp³-hybridized carbons (Fsp3) is 0.188. The lowest BCUT2D eigenvalue weighted by atomic mass is 9.99. The number of pyridine rings is 1. The SMILES string of the molecule is CNC(c1ccc(C)c(F)c1)c1cnn2ccccc12. The average molecular weight is 269 g/mol. The van der Waals surface area contributed by atoms with Gasteiger partial charge in [0.15, 0.2) is 0 Å². The van der Waals surface area contributed by atoms with Gasteiger partial charge in [-0.3, -0.25) is 0 Å². The lowest BCUT2D eigenvalue weighted by molar-refractivity contribution is 0.608. The predicted molar refractivity (Wildman–Crippen MR) is 77.2 cm³/mol. The van der Waals surface area contributed by atoms with Gasteiger partial charge in [-0.15, -0.1) is 0 Å². The van der Waals surface area contributed by atoms with Crippen molar-refractivity contribution in [3.05, 3.63) is 71.3 Å². The van der Waals surface area contributed by atoms with Gasteiger partial charge in [-0.25, -0.2) is 8.91 Å². The highest BCUT2D eigenvalue weighted by atomic mass is 19.1. The molecule has 0 saturated carbocycles. The summed E-state index contributed by atoms with van der Waals surface area (Å²) in [6.07, 6.45) is 3.73. The van der Waals surface area contributed by atoms with Crippen molar-refractivity contribution in [1.82, 2.24) is 14.9 Å². The van der Waals surface area contributed by atoms with Gasteiger partial charge in [-0.05, 0) is 43.3 Å². The van der Waals surface area contributed by atoms with E-state index in [9.17, 15) is 4.39 Å². The summed E-state index contributed by atoms with van der Waals surface area (Å²) in [6, 6.07) is 11.2. The summed E-state index contributed by atoms with van der Waals surface area (Å²) in [5.74, 6) is -0.181. The summed E-state index contributed by atoms with van der Waals surface area (Å²) in [7, 11) is 1.87. The van der Waals surface area contributed by atoms with Crippen molar-refractivity contribution < 1.29 is 4.39 Å². The third-order valence-electron chi connectivity index (χ3n) is 3.59. The van der Waals surface area contributed by atoms with E-state index in [1.807, 2.05) is 48.2 Å². The van der Waals surface area contributed by atoms with Crippen LogP contribution >= 0.6 is 0 Å². The number of fused-ring (bicyclic) bond motifs is 1. The molecule has 3 rings (SSSR count). The molecule has 3 aromatic rings. The predicted octanol–water partition coefficient (Wildman–Crippen LogP) is 3.09. The van der Waals surface area contributed by atoms with E-state index < -0.39 is 0 Å². The summed E-state index contributed by atoms with van der Waals surface area (Å²) in [4.78, 5) is 0. The molecule has 2 heterocycles. The normalized spacial score (nSPS) is 12.8. The monoisotopic (exact) mass is 269 g/mol. The van der Waals surface area contributed by atoms with Crippen molar-refractivity contribution in [3.63, 3.8) is 0 Å². The summed E-state index contributed by atoms with van der Waals surface area (Å²) in [5, 5.41) is 7.58. The van der Waals surface area contributed by atoms with E-state index in [4.69, 9.17) is 0 Å². The summed E-state index contributed by atoms with van der Waals surface area (Å²) >= 11 is 0. The number of rotatable bonds is 3. The van der Waals surface area contributed by atoms with Gasteiger partial charge in [0.2, 0.25) is 0 Å². The fourth-order valence-electron chi connectivity index (χ4n) is 2.47. The Labute approximate surface area is 117 Å². The van der Waals surface area contributed by atoms with Crippen LogP contribution < -0.4 is 5.32 Å². The number of halogens is 1. The van der Waals surface area contributed by atoms with Crippen LogP contribution in [0.2, 0.25) is 0 Å². The average Bonchev–Trinajstić information content (AvgIpc) is 2.88. The first-order chi connectivity index (χ1) is 9.70. The van der Waals surface area contributed by atoms with E-state index in [1.54, 1.807) is 19.1 Å². The molecule has 4 heteroatoms. The van der Waals surface area contributed by atoms with Crippen LogP contribution in [0.3, 0.4) is 0 Å². The minimum Gasteiger partial charge on any atom is -0.309 e. The highest BCUT2D eigenvalue weighted by molar-refractivity contribution is 5.57. The second-order valence-electron chi connectivity index (χ2n) is 4.86. The molecule has 0 bridgehead atoms. The van der Waals surface area contributed by atoms with Crippen LogP contribution in [0, 0.1) is 12.7 Å². The van der Waals surface area contributed by atoms with E-state index in [-0.39, 0.29) is 11.9 Å². The van der Waals surface area contributed by atoms with Gasteiger partial charge in [-0.1, -0.05) is 18.2 Å². The standard InChI is InChI=1S/C16H16FN3/c1-11-6-7-12(9-14(11)17)16(18-2)13-10-19-20-8-4-3-5-15(13)20/h3-10,16,18H,1-2H3. The van der Waals surface area contributed by atoms with Crippen LogP contribution in [0.25, 0.3) is 5.52 Å². The summed E-state index contributed by atoms with van der Waals surface area (Å²) in [6.45, 7) is 1.77. The smallest absolute Gasteiger partial charge is 0.126 e. The van der Waals surface area contributed by atoms with Crippen molar-refractivity contribution in [3.8, 4) is 0 Å². The van der Waals surface area contributed by atoms with Crippen molar-refractivity contribution in [2.24, 2.45) is 0 Å². The molecule has 1 unspecified atom stereocenters. The Hall–Kier alpha value is -2.20. The highest BCUT2D eigenvalue weighted by Crippen LogP contribution is 2.26. The molecule has 102 valence electrons. The molecule has 0 radical (unpaired) electrons. The number of benzene rings is 1. The zero-order valence-corrected chi connectivity index (χ0v) is 11.5. The van der Waals surface area contributed by atoms with Gasteiger partial charge < -0.3 is 5.32 Å². The van der Waals surface area contributed by atoms with Gasteiger partial charge in [0.1, 0.15) is 5.82 Å². The minimum absolute atomic E-state index is 0.0787. The minimum atomic E-state index is -0.181. The molecule has 1 aromatic carbocycles. The molecule has 0 aliphatic rings.